The van der Waals surface area contributed by atoms with Crippen LogP contribution in [0.4, 0.5) is 0 Å². The molecule has 0 aromatic heterocycles. The first-order valence-electron chi connectivity index (χ1n) is 10.8. The summed E-state index contributed by atoms with van der Waals surface area (Å²) in [5, 5.41) is 18.3. The molecular formula is C23H29NO7S2. The number of carboxylic acids is 2. The third kappa shape index (κ3) is 7.75. The second-order valence-electron chi connectivity index (χ2n) is 7.53. The summed E-state index contributed by atoms with van der Waals surface area (Å²) in [7, 11) is 1.53. The Morgan fingerprint density at radius 2 is 1.85 bits per heavy atom. The van der Waals surface area contributed by atoms with E-state index < -0.39 is 30.3 Å². The summed E-state index contributed by atoms with van der Waals surface area (Å²) in [6.45, 7) is 2.77. The maximum absolute atomic E-state index is 12.8. The number of ether oxygens (including phenoxy) is 2. The van der Waals surface area contributed by atoms with Gasteiger partial charge in [-0.15, -0.1) is 0 Å². The third-order valence-electron chi connectivity index (χ3n) is 5.03. The summed E-state index contributed by atoms with van der Waals surface area (Å²) in [4.78, 5) is 36.3. The Hall–Kier alpha value is -2.59. The fourth-order valence-corrected chi connectivity index (χ4v) is 4.67. The zero-order valence-corrected chi connectivity index (χ0v) is 20.4. The van der Waals surface area contributed by atoms with Crippen molar-refractivity contribution < 1.29 is 34.1 Å². The highest BCUT2D eigenvalue weighted by Crippen LogP contribution is 2.36. The third-order valence-corrected chi connectivity index (χ3v) is 6.36. The first-order chi connectivity index (χ1) is 15.8. The molecule has 0 radical (unpaired) electrons. The molecule has 33 heavy (non-hydrogen) atoms. The van der Waals surface area contributed by atoms with Crippen molar-refractivity contribution in [2.45, 2.75) is 57.9 Å². The van der Waals surface area contributed by atoms with Gasteiger partial charge in [-0.2, -0.15) is 0 Å². The predicted octanol–water partition coefficient (Wildman–Crippen LogP) is 4.56. The Bertz CT molecular complexity index is 916. The molecule has 1 amide bonds. The molecule has 0 unspecified atom stereocenters. The molecule has 2 rings (SSSR count). The quantitative estimate of drug-likeness (QED) is 0.218. The van der Waals surface area contributed by atoms with Crippen LogP contribution in [0.3, 0.4) is 0 Å². The van der Waals surface area contributed by atoms with Crippen molar-refractivity contribution in [3.63, 3.8) is 0 Å². The number of amides is 1. The number of rotatable bonds is 14. The number of methoxy groups -OCH3 is 1. The first kappa shape index (κ1) is 26.7. The summed E-state index contributed by atoms with van der Waals surface area (Å²) in [5.74, 6) is -2.28. The first-order valence-corrected chi connectivity index (χ1v) is 12.0. The smallest absolute Gasteiger partial charge is 0.327 e. The fraction of sp³-hybridized carbons (Fsp3) is 0.478. The molecule has 0 spiro atoms. The Labute approximate surface area is 202 Å². The van der Waals surface area contributed by atoms with E-state index in [4.69, 9.17) is 26.8 Å². The minimum absolute atomic E-state index is 0.00533. The number of benzene rings is 1. The maximum Gasteiger partial charge on any atom is 0.327 e. The Morgan fingerprint density at radius 1 is 1.15 bits per heavy atom. The number of hydrogen-bond donors (Lipinski definition) is 2. The van der Waals surface area contributed by atoms with E-state index in [-0.39, 0.29) is 9.23 Å². The normalized spacial score (nSPS) is 15.7. The monoisotopic (exact) mass is 495 g/mol. The predicted molar refractivity (Wildman–Crippen MR) is 131 cm³/mol. The van der Waals surface area contributed by atoms with Crippen LogP contribution in [0, 0.1) is 0 Å². The average molecular weight is 496 g/mol. The van der Waals surface area contributed by atoms with Gasteiger partial charge >= 0.3 is 11.9 Å². The van der Waals surface area contributed by atoms with Crippen molar-refractivity contribution in [1.82, 2.24) is 4.90 Å². The van der Waals surface area contributed by atoms with Gasteiger partial charge in [-0.25, -0.2) is 4.79 Å². The lowest BCUT2D eigenvalue weighted by atomic mass is 10.1. The van der Waals surface area contributed by atoms with Crippen molar-refractivity contribution in [3.8, 4) is 11.5 Å². The molecule has 1 atom stereocenters. The van der Waals surface area contributed by atoms with Crippen molar-refractivity contribution in [1.29, 1.82) is 0 Å². The summed E-state index contributed by atoms with van der Waals surface area (Å²) >= 11 is 6.08. The number of carbonyl (C=O) groups excluding carboxylic acids is 1. The van der Waals surface area contributed by atoms with E-state index in [1.165, 1.54) is 32.8 Å². The number of carboxylic acid groups (broad SMARTS) is 2. The highest BCUT2D eigenvalue weighted by atomic mass is 32.2. The summed E-state index contributed by atoms with van der Waals surface area (Å²) in [6, 6.07) is 3.67. The lowest BCUT2D eigenvalue weighted by Crippen LogP contribution is -2.45. The highest BCUT2D eigenvalue weighted by Gasteiger charge is 2.41. The number of thiocarbonyl (C=S) groups is 1. The molecule has 1 aliphatic rings. The Morgan fingerprint density at radius 3 is 2.48 bits per heavy atom. The molecule has 180 valence electrons. The number of hydrogen-bond acceptors (Lipinski definition) is 7. The molecule has 1 aromatic rings. The average Bonchev–Trinajstić information content (AvgIpc) is 3.04. The van der Waals surface area contributed by atoms with Crippen molar-refractivity contribution in [2.75, 3.05) is 13.7 Å². The van der Waals surface area contributed by atoms with Gasteiger partial charge in [0.2, 0.25) is 0 Å². The van der Waals surface area contributed by atoms with Crippen LogP contribution in [0.1, 0.15) is 57.4 Å². The van der Waals surface area contributed by atoms with E-state index in [0.29, 0.717) is 23.7 Å². The summed E-state index contributed by atoms with van der Waals surface area (Å²) in [6.07, 6.45) is 7.80. The molecule has 0 aliphatic carbocycles. The van der Waals surface area contributed by atoms with Crippen LogP contribution in [-0.2, 0) is 14.4 Å². The van der Waals surface area contributed by atoms with Gasteiger partial charge in [0, 0.05) is 0 Å². The zero-order valence-electron chi connectivity index (χ0n) is 18.7. The van der Waals surface area contributed by atoms with Gasteiger partial charge in [0.1, 0.15) is 10.4 Å². The van der Waals surface area contributed by atoms with Crippen LogP contribution < -0.4 is 9.47 Å². The van der Waals surface area contributed by atoms with Gasteiger partial charge in [-0.05, 0) is 30.2 Å². The number of carbonyl (C=O) groups is 3. The summed E-state index contributed by atoms with van der Waals surface area (Å²) < 4.78 is 11.3. The highest BCUT2D eigenvalue weighted by molar-refractivity contribution is 8.26. The van der Waals surface area contributed by atoms with Gasteiger partial charge in [-0.1, -0.05) is 69.1 Å². The Kier molecular flexibility index (Phi) is 10.7. The lowest BCUT2D eigenvalue weighted by Gasteiger charge is -2.21. The molecule has 0 bridgehead atoms. The van der Waals surface area contributed by atoms with Crippen LogP contribution in [0.25, 0.3) is 6.08 Å². The van der Waals surface area contributed by atoms with Crippen LogP contribution in [0.15, 0.2) is 23.1 Å². The summed E-state index contributed by atoms with van der Waals surface area (Å²) in [5.41, 5.74) is 0.643. The largest absolute Gasteiger partial charge is 0.493 e. The molecule has 1 aromatic carbocycles. The Balaban J connectivity index is 2.07. The van der Waals surface area contributed by atoms with E-state index in [1.54, 1.807) is 24.3 Å². The standard InChI is InChI=1S/C23H29NO7S2/c1-3-4-5-6-7-8-11-31-17-10-9-15(12-18(17)30-2)13-19-21(27)24(23(32)33-19)16(22(28)29)14-20(25)26/h9-10,12-13,16H,3-8,11,14H2,1-2H3,(H,25,26)(H,28,29)/b19-13-/t16-/m0/s1. The van der Waals surface area contributed by atoms with Gasteiger partial charge in [0.05, 0.1) is 25.0 Å². The van der Waals surface area contributed by atoms with E-state index in [0.717, 1.165) is 29.5 Å². The minimum atomic E-state index is -1.56. The van der Waals surface area contributed by atoms with Crippen molar-refractivity contribution >= 4 is 52.2 Å². The second kappa shape index (κ2) is 13.2. The maximum atomic E-state index is 12.8. The second-order valence-corrected chi connectivity index (χ2v) is 9.21. The van der Waals surface area contributed by atoms with E-state index in [2.05, 4.69) is 6.92 Å². The molecular weight excluding hydrogens is 466 g/mol. The number of aliphatic carboxylic acids is 2. The van der Waals surface area contributed by atoms with Gasteiger partial charge in [0.15, 0.2) is 11.5 Å². The number of nitrogens with zero attached hydrogens (tertiary/aromatic N) is 1. The molecule has 1 aliphatic heterocycles. The minimum Gasteiger partial charge on any atom is -0.493 e. The van der Waals surface area contributed by atoms with Crippen molar-refractivity contribution in [3.05, 3.63) is 28.7 Å². The SMILES string of the molecule is CCCCCCCCOc1ccc(/C=C2\SC(=S)N([C@@H](CC(=O)O)C(=O)O)C2=O)cc1OC. The number of unbranched alkanes of at least 4 members (excludes halogenated alkanes) is 5. The topological polar surface area (TPSA) is 113 Å². The van der Waals surface area contributed by atoms with Gasteiger partial charge in [0.25, 0.3) is 5.91 Å². The van der Waals surface area contributed by atoms with E-state index in [1.807, 2.05) is 0 Å². The van der Waals surface area contributed by atoms with Crippen LogP contribution in [0.5, 0.6) is 11.5 Å². The molecule has 1 heterocycles. The van der Waals surface area contributed by atoms with Gasteiger partial charge in [-0.3, -0.25) is 14.5 Å². The van der Waals surface area contributed by atoms with Crippen molar-refractivity contribution in [2.24, 2.45) is 0 Å². The molecule has 1 saturated heterocycles. The van der Waals surface area contributed by atoms with E-state index in [9.17, 15) is 19.5 Å². The van der Waals surface area contributed by atoms with Crippen LogP contribution in [-0.4, -0.2) is 57.0 Å². The molecule has 10 heteroatoms. The van der Waals surface area contributed by atoms with Gasteiger partial charge < -0.3 is 19.7 Å². The molecule has 8 nitrogen and oxygen atoms in total. The number of thioether (sulfide) groups is 1. The van der Waals surface area contributed by atoms with Crippen LogP contribution >= 0.6 is 24.0 Å². The molecule has 2 N–H and O–H groups in total. The van der Waals surface area contributed by atoms with E-state index >= 15 is 0 Å². The lowest BCUT2D eigenvalue weighted by molar-refractivity contribution is -0.150. The zero-order chi connectivity index (χ0) is 24.4. The fourth-order valence-electron chi connectivity index (χ4n) is 3.31. The van der Waals surface area contributed by atoms with Crippen LogP contribution in [0.2, 0.25) is 0 Å². The molecule has 0 saturated carbocycles. The molecule has 1 fully saturated rings.